The second-order valence-corrected chi connectivity index (χ2v) is 4.96. The highest BCUT2D eigenvalue weighted by atomic mass is 79.9. The van der Waals surface area contributed by atoms with E-state index in [1.165, 1.54) is 7.11 Å². The van der Waals surface area contributed by atoms with Gasteiger partial charge in [0.1, 0.15) is 5.56 Å². The Morgan fingerprint density at radius 2 is 2.21 bits per heavy atom. The Hall–Kier alpha value is -1.59. The van der Waals surface area contributed by atoms with Crippen LogP contribution in [-0.2, 0) is 0 Å². The maximum absolute atomic E-state index is 12.2. The van der Waals surface area contributed by atoms with Gasteiger partial charge in [0.15, 0.2) is 0 Å². The molecule has 2 rings (SSSR count). The number of amides is 1. The van der Waals surface area contributed by atoms with Gasteiger partial charge in [0.05, 0.1) is 17.8 Å². The summed E-state index contributed by atoms with van der Waals surface area (Å²) in [6, 6.07) is 8.51. The molecule has 0 unspecified atom stereocenters. The van der Waals surface area contributed by atoms with Gasteiger partial charge in [-0.2, -0.15) is 0 Å². The van der Waals surface area contributed by atoms with Crippen molar-refractivity contribution in [3.05, 3.63) is 51.6 Å². The Morgan fingerprint density at radius 3 is 2.95 bits per heavy atom. The topological polar surface area (TPSA) is 51.2 Å². The molecule has 0 aliphatic rings. The van der Waals surface area contributed by atoms with Crippen LogP contribution in [0.15, 0.2) is 41.0 Å². The average molecular weight is 342 g/mol. The molecule has 0 aliphatic carbocycles. The van der Waals surface area contributed by atoms with Crippen molar-refractivity contribution in [3.8, 4) is 5.88 Å². The zero-order valence-corrected chi connectivity index (χ0v) is 12.3. The molecule has 0 atom stereocenters. The minimum absolute atomic E-state index is 0.270. The molecule has 1 heterocycles. The first-order chi connectivity index (χ1) is 9.11. The van der Waals surface area contributed by atoms with Crippen LogP contribution >= 0.6 is 27.5 Å². The van der Waals surface area contributed by atoms with Gasteiger partial charge in [-0.25, -0.2) is 4.98 Å². The highest BCUT2D eigenvalue weighted by Crippen LogP contribution is 2.26. The van der Waals surface area contributed by atoms with Crippen LogP contribution in [0.2, 0.25) is 5.02 Å². The van der Waals surface area contributed by atoms with Gasteiger partial charge < -0.3 is 10.1 Å². The number of carbonyl (C=O) groups excluding carboxylic acids is 1. The molecular formula is C13H10BrClN2O2. The lowest BCUT2D eigenvalue weighted by Crippen LogP contribution is -2.14. The Morgan fingerprint density at radius 1 is 1.42 bits per heavy atom. The molecule has 0 bridgehead atoms. The zero-order valence-electron chi connectivity index (χ0n) is 9.98. The monoisotopic (exact) mass is 340 g/mol. The van der Waals surface area contributed by atoms with E-state index in [9.17, 15) is 4.79 Å². The summed E-state index contributed by atoms with van der Waals surface area (Å²) in [5.74, 6) is -0.0592. The van der Waals surface area contributed by atoms with Crippen molar-refractivity contribution in [2.24, 2.45) is 0 Å². The molecule has 19 heavy (non-hydrogen) atoms. The van der Waals surface area contributed by atoms with E-state index in [1.54, 1.807) is 36.5 Å². The summed E-state index contributed by atoms with van der Waals surface area (Å²) in [5, 5.41) is 3.18. The summed E-state index contributed by atoms with van der Waals surface area (Å²) in [5.41, 5.74) is 0.869. The third kappa shape index (κ3) is 3.24. The number of halogens is 2. The van der Waals surface area contributed by atoms with E-state index in [0.29, 0.717) is 16.3 Å². The smallest absolute Gasteiger partial charge is 0.261 e. The normalized spacial score (nSPS) is 10.1. The van der Waals surface area contributed by atoms with Crippen LogP contribution in [0.1, 0.15) is 10.4 Å². The summed E-state index contributed by atoms with van der Waals surface area (Å²) in [6.45, 7) is 0. The third-order valence-corrected chi connectivity index (χ3v) is 3.21. The maximum Gasteiger partial charge on any atom is 0.261 e. The van der Waals surface area contributed by atoms with Crippen molar-refractivity contribution in [2.45, 2.75) is 0 Å². The fourth-order valence-corrected chi connectivity index (χ4v) is 2.04. The summed E-state index contributed by atoms with van der Waals surface area (Å²) >= 11 is 9.34. The van der Waals surface area contributed by atoms with Crippen LogP contribution in [0.4, 0.5) is 5.69 Å². The predicted molar refractivity (Wildman–Crippen MR) is 77.9 cm³/mol. The van der Waals surface area contributed by atoms with E-state index in [0.717, 1.165) is 4.47 Å². The van der Waals surface area contributed by atoms with E-state index in [4.69, 9.17) is 16.3 Å². The number of benzene rings is 1. The van der Waals surface area contributed by atoms with Gasteiger partial charge in [-0.3, -0.25) is 4.79 Å². The van der Waals surface area contributed by atoms with Crippen LogP contribution < -0.4 is 10.1 Å². The molecule has 1 aromatic carbocycles. The molecule has 4 nitrogen and oxygen atoms in total. The lowest BCUT2D eigenvalue weighted by Gasteiger charge is -2.09. The first-order valence-corrected chi connectivity index (χ1v) is 6.54. The summed E-state index contributed by atoms with van der Waals surface area (Å²) in [6.07, 6.45) is 1.56. The number of pyridine rings is 1. The number of aromatic nitrogens is 1. The number of nitrogens with zero attached hydrogens (tertiary/aromatic N) is 1. The Kier molecular flexibility index (Phi) is 4.39. The summed E-state index contributed by atoms with van der Waals surface area (Å²) in [7, 11) is 1.46. The second kappa shape index (κ2) is 6.04. The molecule has 1 amide bonds. The quantitative estimate of drug-likeness (QED) is 0.925. The fourth-order valence-electron chi connectivity index (χ4n) is 1.51. The minimum atomic E-state index is -0.329. The lowest BCUT2D eigenvalue weighted by molar-refractivity contribution is 0.102. The van der Waals surface area contributed by atoms with Crippen LogP contribution in [0.25, 0.3) is 0 Å². The first-order valence-electron chi connectivity index (χ1n) is 5.37. The number of ether oxygens (including phenoxy) is 1. The minimum Gasteiger partial charge on any atom is -0.480 e. The summed E-state index contributed by atoms with van der Waals surface area (Å²) < 4.78 is 5.87. The van der Waals surface area contributed by atoms with Crippen molar-refractivity contribution in [1.29, 1.82) is 0 Å². The van der Waals surface area contributed by atoms with Crippen LogP contribution in [0.5, 0.6) is 5.88 Å². The third-order valence-electron chi connectivity index (χ3n) is 2.39. The van der Waals surface area contributed by atoms with Crippen molar-refractivity contribution >= 4 is 39.1 Å². The highest BCUT2D eigenvalue weighted by molar-refractivity contribution is 9.10. The van der Waals surface area contributed by atoms with Gasteiger partial charge in [0.25, 0.3) is 5.91 Å². The van der Waals surface area contributed by atoms with Gasteiger partial charge in [0.2, 0.25) is 5.88 Å². The Balaban J connectivity index is 2.28. The van der Waals surface area contributed by atoms with Crippen molar-refractivity contribution in [2.75, 3.05) is 12.4 Å². The molecule has 0 saturated heterocycles. The number of hydrogen-bond donors (Lipinski definition) is 1. The second-order valence-electron chi connectivity index (χ2n) is 3.64. The zero-order chi connectivity index (χ0) is 13.8. The fraction of sp³-hybridized carbons (Fsp3) is 0.0769. The van der Waals surface area contributed by atoms with Crippen molar-refractivity contribution < 1.29 is 9.53 Å². The van der Waals surface area contributed by atoms with E-state index in [-0.39, 0.29) is 11.8 Å². The van der Waals surface area contributed by atoms with Crippen LogP contribution in [-0.4, -0.2) is 18.0 Å². The van der Waals surface area contributed by atoms with E-state index < -0.39 is 0 Å². The summed E-state index contributed by atoms with van der Waals surface area (Å²) in [4.78, 5) is 16.1. The van der Waals surface area contributed by atoms with E-state index >= 15 is 0 Å². The largest absolute Gasteiger partial charge is 0.480 e. The molecule has 1 N–H and O–H groups in total. The molecule has 1 aromatic heterocycles. The van der Waals surface area contributed by atoms with Gasteiger partial charge in [-0.1, -0.05) is 27.5 Å². The SMILES string of the molecule is COc1ncccc1C(=O)Nc1cc(Br)ccc1Cl. The van der Waals surface area contributed by atoms with Gasteiger partial charge >= 0.3 is 0 Å². The van der Waals surface area contributed by atoms with Crippen molar-refractivity contribution in [1.82, 2.24) is 4.98 Å². The Labute approximate surface area is 123 Å². The van der Waals surface area contributed by atoms with Crippen LogP contribution in [0, 0.1) is 0 Å². The number of nitrogens with one attached hydrogen (secondary N) is 1. The Bertz CT molecular complexity index is 619. The number of carbonyl (C=O) groups is 1. The molecule has 98 valence electrons. The number of anilines is 1. The highest BCUT2D eigenvalue weighted by Gasteiger charge is 2.14. The van der Waals surface area contributed by atoms with E-state index in [1.807, 2.05) is 0 Å². The number of rotatable bonds is 3. The maximum atomic E-state index is 12.2. The molecule has 6 heteroatoms. The number of hydrogen-bond acceptors (Lipinski definition) is 3. The van der Waals surface area contributed by atoms with Crippen LogP contribution in [0.3, 0.4) is 0 Å². The predicted octanol–water partition coefficient (Wildman–Crippen LogP) is 3.76. The van der Waals surface area contributed by atoms with Gasteiger partial charge in [0, 0.05) is 10.7 Å². The standard InChI is InChI=1S/C13H10BrClN2O2/c1-19-13-9(3-2-6-16-13)12(18)17-11-7-8(14)4-5-10(11)15/h2-7H,1H3,(H,17,18). The molecule has 0 radical (unpaired) electrons. The lowest BCUT2D eigenvalue weighted by atomic mass is 10.2. The van der Waals surface area contributed by atoms with E-state index in [2.05, 4.69) is 26.2 Å². The van der Waals surface area contributed by atoms with Gasteiger partial charge in [-0.05, 0) is 30.3 Å². The van der Waals surface area contributed by atoms with Gasteiger partial charge in [-0.15, -0.1) is 0 Å². The molecule has 0 spiro atoms. The molecule has 0 saturated carbocycles. The molecule has 0 fully saturated rings. The molecular weight excluding hydrogens is 332 g/mol. The molecule has 0 aliphatic heterocycles. The number of methoxy groups -OCH3 is 1. The van der Waals surface area contributed by atoms with Crippen molar-refractivity contribution in [3.63, 3.8) is 0 Å². The average Bonchev–Trinajstić information content (AvgIpc) is 2.42. The first kappa shape index (κ1) is 13.8. The molecule has 2 aromatic rings.